The van der Waals surface area contributed by atoms with Crippen LogP contribution in [0.5, 0.6) is 11.5 Å². The zero-order valence-corrected chi connectivity index (χ0v) is 20.3. The number of rotatable bonds is 7. The number of hydrogen-bond acceptors (Lipinski definition) is 6. The van der Waals surface area contributed by atoms with Crippen molar-refractivity contribution in [1.82, 2.24) is 4.90 Å². The quantitative estimate of drug-likeness (QED) is 0.286. The molecule has 184 valence electrons. The van der Waals surface area contributed by atoms with E-state index in [-0.39, 0.29) is 18.9 Å². The Hall–Kier alpha value is -4.46. The number of ether oxygens (including phenoxy) is 2. The van der Waals surface area contributed by atoms with Gasteiger partial charge >= 0.3 is 5.97 Å². The summed E-state index contributed by atoms with van der Waals surface area (Å²) in [5, 5.41) is 0. The highest BCUT2D eigenvalue weighted by atomic mass is 16.5. The van der Waals surface area contributed by atoms with E-state index in [9.17, 15) is 19.2 Å². The first-order chi connectivity index (χ1) is 17.3. The van der Waals surface area contributed by atoms with Crippen molar-refractivity contribution in [1.29, 1.82) is 0 Å². The number of aryl methyl sites for hydroxylation is 1. The van der Waals surface area contributed by atoms with Gasteiger partial charge in [-0.25, -0.2) is 4.90 Å². The van der Waals surface area contributed by atoms with Crippen LogP contribution in [-0.4, -0.2) is 41.7 Å². The van der Waals surface area contributed by atoms with Crippen LogP contribution in [0.15, 0.2) is 72.8 Å². The Morgan fingerprint density at radius 2 is 1.53 bits per heavy atom. The van der Waals surface area contributed by atoms with Gasteiger partial charge in [-0.1, -0.05) is 29.8 Å². The fourth-order valence-corrected chi connectivity index (χ4v) is 4.07. The third kappa shape index (κ3) is 5.27. The van der Waals surface area contributed by atoms with Crippen LogP contribution in [0.3, 0.4) is 0 Å². The lowest BCUT2D eigenvalue weighted by Gasteiger charge is -2.28. The zero-order chi connectivity index (χ0) is 25.8. The summed E-state index contributed by atoms with van der Waals surface area (Å²) < 4.78 is 10.2. The Bertz CT molecular complexity index is 1280. The average Bonchev–Trinajstić information content (AvgIpc) is 3.17. The standard InChI is InChI=1S/C28H26N2O6/c1-18-4-6-20(7-5-18)17-29(27(33)21-8-12-23(35-3)13-9-21)25-16-26(32)30(28(25)34)22-10-14-24(15-11-22)36-19(2)31/h4-15,25H,16-17H2,1-3H3. The molecule has 8 nitrogen and oxygen atoms in total. The van der Waals surface area contributed by atoms with Gasteiger partial charge in [-0.15, -0.1) is 0 Å². The highest BCUT2D eigenvalue weighted by Gasteiger charge is 2.44. The molecule has 0 spiro atoms. The number of benzene rings is 3. The van der Waals surface area contributed by atoms with Crippen molar-refractivity contribution in [2.45, 2.75) is 32.9 Å². The van der Waals surface area contributed by atoms with Gasteiger partial charge in [-0.2, -0.15) is 0 Å². The van der Waals surface area contributed by atoms with Gasteiger partial charge < -0.3 is 14.4 Å². The van der Waals surface area contributed by atoms with Crippen LogP contribution in [0.2, 0.25) is 0 Å². The smallest absolute Gasteiger partial charge is 0.308 e. The number of hydrogen-bond donors (Lipinski definition) is 0. The molecule has 0 N–H and O–H groups in total. The zero-order valence-electron chi connectivity index (χ0n) is 20.3. The molecule has 0 saturated carbocycles. The van der Waals surface area contributed by atoms with Crippen LogP contribution in [0, 0.1) is 6.92 Å². The fraction of sp³-hybridized carbons (Fsp3) is 0.214. The lowest BCUT2D eigenvalue weighted by Crippen LogP contribution is -2.45. The van der Waals surface area contributed by atoms with Gasteiger partial charge in [0.2, 0.25) is 5.91 Å². The summed E-state index contributed by atoms with van der Waals surface area (Å²) in [5.74, 6) is -0.836. The number of carbonyl (C=O) groups is 4. The summed E-state index contributed by atoms with van der Waals surface area (Å²) in [6.07, 6.45) is -0.141. The Kier molecular flexibility index (Phi) is 7.15. The number of methoxy groups -OCH3 is 1. The molecule has 0 bridgehead atoms. The molecule has 36 heavy (non-hydrogen) atoms. The molecule has 3 amide bonds. The first kappa shape index (κ1) is 24.7. The van der Waals surface area contributed by atoms with Crippen molar-refractivity contribution in [3.8, 4) is 11.5 Å². The van der Waals surface area contributed by atoms with Gasteiger partial charge in [-0.05, 0) is 61.0 Å². The Balaban J connectivity index is 1.64. The highest BCUT2D eigenvalue weighted by Crippen LogP contribution is 2.29. The predicted octanol–water partition coefficient (Wildman–Crippen LogP) is 3.90. The van der Waals surface area contributed by atoms with Crippen molar-refractivity contribution in [2.75, 3.05) is 12.0 Å². The molecule has 8 heteroatoms. The molecule has 3 aromatic carbocycles. The molecule has 1 heterocycles. The predicted molar refractivity (Wildman–Crippen MR) is 133 cm³/mol. The maximum atomic E-state index is 13.6. The van der Waals surface area contributed by atoms with E-state index < -0.39 is 23.8 Å². The normalized spacial score (nSPS) is 15.1. The largest absolute Gasteiger partial charge is 0.497 e. The molecular formula is C28H26N2O6. The Morgan fingerprint density at radius 3 is 2.11 bits per heavy atom. The monoisotopic (exact) mass is 486 g/mol. The van der Waals surface area contributed by atoms with Crippen molar-refractivity contribution < 1.29 is 28.7 Å². The summed E-state index contributed by atoms with van der Waals surface area (Å²) in [6.45, 7) is 3.41. The minimum Gasteiger partial charge on any atom is -0.497 e. The van der Waals surface area contributed by atoms with E-state index in [0.717, 1.165) is 16.0 Å². The van der Waals surface area contributed by atoms with Crippen molar-refractivity contribution in [2.24, 2.45) is 0 Å². The number of nitrogens with zero attached hydrogens (tertiary/aromatic N) is 2. The molecular weight excluding hydrogens is 460 g/mol. The van der Waals surface area contributed by atoms with E-state index in [0.29, 0.717) is 22.7 Å². The van der Waals surface area contributed by atoms with Gasteiger partial charge in [0.1, 0.15) is 17.5 Å². The maximum Gasteiger partial charge on any atom is 0.308 e. The summed E-state index contributed by atoms with van der Waals surface area (Å²) in [4.78, 5) is 53.8. The molecule has 1 aliphatic rings. The SMILES string of the molecule is COc1ccc(C(=O)N(Cc2ccc(C)cc2)C2CC(=O)N(c3ccc(OC(C)=O)cc3)C2=O)cc1. The number of anilines is 1. The van der Waals surface area contributed by atoms with Crippen molar-refractivity contribution >= 4 is 29.4 Å². The molecule has 1 aliphatic heterocycles. The number of imide groups is 1. The van der Waals surface area contributed by atoms with Crippen molar-refractivity contribution in [3.63, 3.8) is 0 Å². The molecule has 0 radical (unpaired) electrons. The van der Waals surface area contributed by atoms with Gasteiger partial charge in [0.05, 0.1) is 19.2 Å². The van der Waals surface area contributed by atoms with E-state index in [1.54, 1.807) is 24.3 Å². The summed E-state index contributed by atoms with van der Waals surface area (Å²) >= 11 is 0. The van der Waals surface area contributed by atoms with E-state index in [1.807, 2.05) is 31.2 Å². The van der Waals surface area contributed by atoms with Gasteiger partial charge in [0.25, 0.3) is 11.8 Å². The third-order valence-electron chi connectivity index (χ3n) is 5.93. The highest BCUT2D eigenvalue weighted by molar-refractivity contribution is 6.23. The fourth-order valence-electron chi connectivity index (χ4n) is 4.07. The number of carbonyl (C=O) groups excluding carboxylic acids is 4. The second-order valence-corrected chi connectivity index (χ2v) is 8.52. The van der Waals surface area contributed by atoms with Crippen LogP contribution in [0.25, 0.3) is 0 Å². The first-order valence-electron chi connectivity index (χ1n) is 11.4. The van der Waals surface area contributed by atoms with Crippen LogP contribution < -0.4 is 14.4 Å². The van der Waals surface area contributed by atoms with Gasteiger partial charge in [0.15, 0.2) is 0 Å². The minimum absolute atomic E-state index is 0.141. The molecule has 0 aliphatic carbocycles. The molecule has 0 aromatic heterocycles. The Morgan fingerprint density at radius 1 is 0.917 bits per heavy atom. The van der Waals surface area contributed by atoms with Gasteiger partial charge in [0, 0.05) is 19.0 Å². The second kappa shape index (κ2) is 10.4. The summed E-state index contributed by atoms with van der Waals surface area (Å²) in [5.41, 5.74) is 2.64. The van der Waals surface area contributed by atoms with Crippen LogP contribution >= 0.6 is 0 Å². The molecule has 1 unspecified atom stereocenters. The summed E-state index contributed by atoms with van der Waals surface area (Å²) in [6, 6.07) is 19.4. The molecule has 4 rings (SSSR count). The third-order valence-corrected chi connectivity index (χ3v) is 5.93. The topological polar surface area (TPSA) is 93.2 Å². The van der Waals surface area contributed by atoms with E-state index in [2.05, 4.69) is 0 Å². The molecule has 1 atom stereocenters. The first-order valence-corrected chi connectivity index (χ1v) is 11.4. The lowest BCUT2D eigenvalue weighted by molar-refractivity contribution is -0.132. The van der Waals surface area contributed by atoms with Crippen LogP contribution in [0.4, 0.5) is 5.69 Å². The van der Waals surface area contributed by atoms with E-state index in [1.165, 1.54) is 43.2 Å². The van der Waals surface area contributed by atoms with Crippen LogP contribution in [-0.2, 0) is 20.9 Å². The second-order valence-electron chi connectivity index (χ2n) is 8.52. The van der Waals surface area contributed by atoms with E-state index in [4.69, 9.17) is 9.47 Å². The maximum absolute atomic E-state index is 13.6. The molecule has 1 saturated heterocycles. The van der Waals surface area contributed by atoms with E-state index >= 15 is 0 Å². The van der Waals surface area contributed by atoms with Crippen molar-refractivity contribution in [3.05, 3.63) is 89.5 Å². The average molecular weight is 487 g/mol. The van der Waals surface area contributed by atoms with Crippen LogP contribution in [0.1, 0.15) is 34.8 Å². The molecule has 3 aromatic rings. The number of esters is 1. The Labute approximate surface area is 209 Å². The van der Waals surface area contributed by atoms with Gasteiger partial charge in [-0.3, -0.25) is 19.2 Å². The lowest BCUT2D eigenvalue weighted by atomic mass is 10.1. The summed E-state index contributed by atoms with van der Waals surface area (Å²) in [7, 11) is 1.54. The molecule has 1 fully saturated rings. The number of amides is 3. The minimum atomic E-state index is -0.971.